The van der Waals surface area contributed by atoms with Gasteiger partial charge in [-0.15, -0.1) is 0 Å². The molecule has 3 aromatic rings. The van der Waals surface area contributed by atoms with Crippen molar-refractivity contribution in [3.8, 4) is 17.2 Å². The number of ether oxygens (including phenoxy) is 2. The van der Waals surface area contributed by atoms with Crippen LogP contribution in [0, 0.1) is 5.82 Å². The largest absolute Gasteiger partial charge is 0.507 e. The van der Waals surface area contributed by atoms with Crippen LogP contribution in [0.15, 0.2) is 65.1 Å². The second-order valence-corrected chi connectivity index (χ2v) is 8.66. The summed E-state index contributed by atoms with van der Waals surface area (Å²) in [5, 5.41) is 16.6. The third-order valence-electron chi connectivity index (χ3n) is 5.39. The lowest BCUT2D eigenvalue weighted by Crippen LogP contribution is -2.89. The van der Waals surface area contributed by atoms with Crippen LogP contribution in [0.4, 0.5) is 4.39 Å². The zero-order chi connectivity index (χ0) is 21.5. The second-order valence-electron chi connectivity index (χ2n) is 7.37. The van der Waals surface area contributed by atoms with Crippen molar-refractivity contribution in [2.45, 2.75) is 12.2 Å². The number of phenols is 1. The lowest BCUT2D eigenvalue weighted by Gasteiger charge is -2.30. The van der Waals surface area contributed by atoms with Crippen LogP contribution in [0.1, 0.15) is 28.9 Å². The predicted octanol–water partition coefficient (Wildman–Crippen LogP) is 4.62. The Morgan fingerprint density at radius 3 is 2.74 bits per heavy atom. The average Bonchev–Trinajstić information content (AvgIpc) is 3.25. The molecule has 2 heterocycles. The van der Waals surface area contributed by atoms with Crippen LogP contribution in [0.25, 0.3) is 5.70 Å². The molecule has 3 aromatic carbocycles. The SMILES string of the molecule is Oc1ccc(Cl)cc1C1C=C(c2ccc3c(c2)OCO3)NC(c2ccc(F)c(Br)c2)[NH2+]1. The summed E-state index contributed by atoms with van der Waals surface area (Å²) in [4.78, 5) is 0. The summed E-state index contributed by atoms with van der Waals surface area (Å²) < 4.78 is 25.1. The van der Waals surface area contributed by atoms with Gasteiger partial charge in [-0.1, -0.05) is 11.6 Å². The molecule has 2 atom stereocenters. The Labute approximate surface area is 191 Å². The minimum atomic E-state index is -0.324. The highest BCUT2D eigenvalue weighted by Gasteiger charge is 2.30. The van der Waals surface area contributed by atoms with E-state index in [0.717, 1.165) is 16.8 Å². The van der Waals surface area contributed by atoms with E-state index < -0.39 is 0 Å². The van der Waals surface area contributed by atoms with Gasteiger partial charge in [0, 0.05) is 27.9 Å². The predicted molar refractivity (Wildman–Crippen MR) is 118 cm³/mol. The topological polar surface area (TPSA) is 67.3 Å². The first-order valence-electron chi connectivity index (χ1n) is 9.64. The molecular weight excluding hydrogens is 487 g/mol. The maximum Gasteiger partial charge on any atom is 0.231 e. The van der Waals surface area contributed by atoms with Gasteiger partial charge in [-0.3, -0.25) is 0 Å². The van der Waals surface area contributed by atoms with Crippen molar-refractivity contribution >= 4 is 33.2 Å². The molecule has 2 unspecified atom stereocenters. The van der Waals surface area contributed by atoms with Crippen LogP contribution in [-0.4, -0.2) is 11.9 Å². The van der Waals surface area contributed by atoms with E-state index in [-0.39, 0.29) is 30.6 Å². The number of benzene rings is 3. The number of quaternary nitrogens is 1. The Morgan fingerprint density at radius 1 is 1.06 bits per heavy atom. The maximum absolute atomic E-state index is 13.8. The van der Waals surface area contributed by atoms with E-state index in [9.17, 15) is 9.50 Å². The third-order valence-corrected chi connectivity index (χ3v) is 6.23. The van der Waals surface area contributed by atoms with Gasteiger partial charge in [0.25, 0.3) is 0 Å². The van der Waals surface area contributed by atoms with Gasteiger partial charge >= 0.3 is 0 Å². The van der Waals surface area contributed by atoms with Gasteiger partial charge < -0.3 is 25.2 Å². The molecule has 0 saturated carbocycles. The number of hydrogen-bond acceptors (Lipinski definition) is 4. The first kappa shape index (κ1) is 20.2. The Bertz CT molecular complexity index is 1200. The highest BCUT2D eigenvalue weighted by atomic mass is 79.9. The molecule has 0 saturated heterocycles. The lowest BCUT2D eigenvalue weighted by atomic mass is 9.97. The number of phenolic OH excluding ortho intramolecular Hbond substituents is 1. The number of aromatic hydroxyl groups is 1. The first-order chi connectivity index (χ1) is 15.0. The van der Waals surface area contributed by atoms with Crippen molar-refractivity contribution in [2.75, 3.05) is 6.79 Å². The fourth-order valence-electron chi connectivity index (χ4n) is 3.84. The number of hydrogen-bond donors (Lipinski definition) is 3. The molecule has 0 spiro atoms. The standard InChI is InChI=1S/C23H17BrClFN2O3/c24-16-7-13(1-4-17(16)26)23-27-18(12-2-6-21-22(8-12)31-11-30-21)10-19(28-23)15-9-14(25)3-5-20(15)29/h1-10,19,23,27-29H,11H2/p+1. The van der Waals surface area contributed by atoms with Gasteiger partial charge in [0.15, 0.2) is 17.7 Å². The molecule has 5 rings (SSSR count). The molecule has 0 amide bonds. The highest BCUT2D eigenvalue weighted by molar-refractivity contribution is 9.10. The molecule has 0 aliphatic carbocycles. The molecule has 0 fully saturated rings. The van der Waals surface area contributed by atoms with Gasteiger partial charge in [-0.2, -0.15) is 0 Å². The van der Waals surface area contributed by atoms with Crippen LogP contribution in [0.2, 0.25) is 5.02 Å². The molecule has 31 heavy (non-hydrogen) atoms. The maximum atomic E-state index is 13.8. The summed E-state index contributed by atoms with van der Waals surface area (Å²) in [6, 6.07) is 15.4. The highest BCUT2D eigenvalue weighted by Crippen LogP contribution is 2.36. The van der Waals surface area contributed by atoms with Crippen LogP contribution in [0.3, 0.4) is 0 Å². The summed E-state index contributed by atoms with van der Waals surface area (Å²) in [7, 11) is 0. The van der Waals surface area contributed by atoms with E-state index in [0.29, 0.717) is 26.6 Å². The summed E-state index contributed by atoms with van der Waals surface area (Å²) in [6.45, 7) is 0.199. The van der Waals surface area contributed by atoms with Crippen molar-refractivity contribution in [2.24, 2.45) is 0 Å². The van der Waals surface area contributed by atoms with E-state index >= 15 is 0 Å². The van der Waals surface area contributed by atoms with Crippen LogP contribution in [0.5, 0.6) is 17.2 Å². The number of halogens is 3. The number of nitrogens with two attached hydrogens (primary N) is 1. The Hall–Kier alpha value is -2.74. The molecule has 0 radical (unpaired) electrons. The molecular formula is C23H18BrClFN2O3+. The van der Waals surface area contributed by atoms with E-state index in [1.807, 2.05) is 24.3 Å². The smallest absolute Gasteiger partial charge is 0.231 e. The van der Waals surface area contributed by atoms with Gasteiger partial charge in [0.1, 0.15) is 17.6 Å². The minimum Gasteiger partial charge on any atom is -0.507 e. The number of fused-ring (bicyclic) bond motifs is 1. The molecule has 2 aliphatic rings. The Morgan fingerprint density at radius 2 is 1.90 bits per heavy atom. The zero-order valence-electron chi connectivity index (χ0n) is 16.1. The van der Waals surface area contributed by atoms with E-state index in [4.69, 9.17) is 21.1 Å². The van der Waals surface area contributed by atoms with Crippen LogP contribution < -0.4 is 20.1 Å². The molecule has 0 bridgehead atoms. The quantitative estimate of drug-likeness (QED) is 0.487. The summed E-state index contributed by atoms with van der Waals surface area (Å²) in [6.07, 6.45) is 1.79. The fraction of sp³-hybridized carbons (Fsp3) is 0.130. The van der Waals surface area contributed by atoms with Gasteiger partial charge in [0.2, 0.25) is 6.79 Å². The molecule has 158 valence electrons. The monoisotopic (exact) mass is 503 g/mol. The van der Waals surface area contributed by atoms with Crippen LogP contribution in [-0.2, 0) is 0 Å². The Balaban J connectivity index is 1.58. The normalized spacial score (nSPS) is 19.6. The molecule has 4 N–H and O–H groups in total. The average molecular weight is 505 g/mol. The molecule has 8 heteroatoms. The van der Waals surface area contributed by atoms with Crippen molar-refractivity contribution in [1.29, 1.82) is 0 Å². The van der Waals surface area contributed by atoms with Crippen molar-refractivity contribution in [3.05, 3.63) is 92.7 Å². The minimum absolute atomic E-state index is 0.160. The molecule has 5 nitrogen and oxygen atoms in total. The summed E-state index contributed by atoms with van der Waals surface area (Å²) >= 11 is 9.47. The van der Waals surface area contributed by atoms with E-state index in [1.165, 1.54) is 6.07 Å². The van der Waals surface area contributed by atoms with Crippen molar-refractivity contribution in [3.63, 3.8) is 0 Å². The van der Waals surface area contributed by atoms with E-state index in [1.54, 1.807) is 30.3 Å². The van der Waals surface area contributed by atoms with Gasteiger partial charge in [0.05, 0.1) is 10.0 Å². The molecule has 0 aromatic heterocycles. The summed E-state index contributed by atoms with van der Waals surface area (Å²) in [5.74, 6) is 1.22. The van der Waals surface area contributed by atoms with Gasteiger partial charge in [-0.05, 0) is 70.5 Å². The van der Waals surface area contributed by atoms with Crippen molar-refractivity contribution in [1.82, 2.24) is 5.32 Å². The summed E-state index contributed by atoms with van der Waals surface area (Å²) in [5.41, 5.74) is 3.34. The number of nitrogens with one attached hydrogen (secondary N) is 1. The molecule has 2 aliphatic heterocycles. The third kappa shape index (κ3) is 3.96. The number of rotatable bonds is 3. The first-order valence-corrected chi connectivity index (χ1v) is 10.8. The van der Waals surface area contributed by atoms with Crippen LogP contribution >= 0.6 is 27.5 Å². The zero-order valence-corrected chi connectivity index (χ0v) is 18.5. The fourth-order valence-corrected chi connectivity index (χ4v) is 4.41. The Kier molecular flexibility index (Phi) is 5.25. The lowest BCUT2D eigenvalue weighted by molar-refractivity contribution is -0.731. The van der Waals surface area contributed by atoms with Gasteiger partial charge in [-0.25, -0.2) is 4.39 Å². The van der Waals surface area contributed by atoms with Crippen molar-refractivity contribution < 1.29 is 24.3 Å². The van der Waals surface area contributed by atoms with E-state index in [2.05, 4.69) is 26.6 Å². The second kappa shape index (κ2) is 8.07.